The minimum Gasteiger partial charge on any atom is -0.299 e. The average molecular weight is 345 g/mol. The Morgan fingerprint density at radius 2 is 1.85 bits per heavy atom. The Hall–Kier alpha value is -3.21. The minimum atomic E-state index is -0.524. The van der Waals surface area contributed by atoms with Crippen molar-refractivity contribution in [2.75, 3.05) is 0 Å². The average Bonchev–Trinajstić information content (AvgIpc) is 2.79. The minimum absolute atomic E-state index is 0.0840. The lowest BCUT2D eigenvalue weighted by molar-refractivity contribution is -0.117. The van der Waals surface area contributed by atoms with Crippen LogP contribution in [0.2, 0.25) is 0 Å². The fraction of sp³-hybridized carbons (Fsp3) is 0.143. The number of aliphatic imine (C=N–C) groups is 1. The second-order valence-electron chi connectivity index (χ2n) is 6.32. The summed E-state index contributed by atoms with van der Waals surface area (Å²) in [7, 11) is 0. The molecule has 0 spiro atoms. The van der Waals surface area contributed by atoms with Crippen molar-refractivity contribution < 1.29 is 9.18 Å². The molecule has 128 valence electrons. The third-order valence-corrected chi connectivity index (χ3v) is 4.39. The number of pyridine rings is 2. The van der Waals surface area contributed by atoms with Gasteiger partial charge in [0.25, 0.3) is 0 Å². The number of hydrogen-bond acceptors (Lipinski definition) is 4. The molecule has 1 aliphatic rings. The zero-order valence-corrected chi connectivity index (χ0v) is 14.2. The van der Waals surface area contributed by atoms with Crippen LogP contribution in [0, 0.1) is 12.9 Å². The van der Waals surface area contributed by atoms with Crippen LogP contribution >= 0.6 is 0 Å². The quantitative estimate of drug-likeness (QED) is 0.653. The van der Waals surface area contributed by atoms with Gasteiger partial charge in [0.05, 0.1) is 11.4 Å². The molecule has 5 heteroatoms. The van der Waals surface area contributed by atoms with E-state index in [1.54, 1.807) is 18.3 Å². The Labute approximate surface area is 150 Å². The Bertz CT molecular complexity index is 1040. The molecular formula is C21H16FN3O. The van der Waals surface area contributed by atoms with Crippen molar-refractivity contribution in [2.45, 2.75) is 19.8 Å². The molecule has 0 radical (unpaired) electrons. The van der Waals surface area contributed by atoms with E-state index in [1.807, 2.05) is 37.3 Å². The van der Waals surface area contributed by atoms with Crippen LogP contribution in [0.25, 0.3) is 11.1 Å². The number of fused-ring (bicyclic) bond motifs is 1. The van der Waals surface area contributed by atoms with E-state index in [0.717, 1.165) is 28.2 Å². The molecule has 4 rings (SSSR count). The number of ketones is 1. The van der Waals surface area contributed by atoms with Crippen LogP contribution in [0.3, 0.4) is 0 Å². The van der Waals surface area contributed by atoms with Crippen molar-refractivity contribution in [2.24, 2.45) is 4.99 Å². The maximum Gasteiger partial charge on any atom is 0.220 e. The first kappa shape index (κ1) is 16.3. The number of benzene rings is 1. The summed E-state index contributed by atoms with van der Waals surface area (Å²) in [5.74, 6) is -0.440. The molecule has 0 aliphatic carbocycles. The molecule has 0 saturated carbocycles. The molecule has 26 heavy (non-hydrogen) atoms. The lowest BCUT2D eigenvalue weighted by atomic mass is 9.99. The van der Waals surface area contributed by atoms with Gasteiger partial charge in [-0.15, -0.1) is 0 Å². The largest absolute Gasteiger partial charge is 0.299 e. The molecule has 2 aromatic heterocycles. The molecule has 3 heterocycles. The SMILES string of the molecule is Cc1cc(C2=Nc3ccc(-c4cccnc4F)cc3CC(=O)C2)ccn1. The first-order valence-corrected chi connectivity index (χ1v) is 8.36. The van der Waals surface area contributed by atoms with Gasteiger partial charge in [-0.2, -0.15) is 4.39 Å². The fourth-order valence-electron chi connectivity index (χ4n) is 3.14. The van der Waals surface area contributed by atoms with Crippen LogP contribution in [-0.2, 0) is 11.2 Å². The van der Waals surface area contributed by atoms with Crippen LogP contribution in [-0.4, -0.2) is 21.5 Å². The van der Waals surface area contributed by atoms with Gasteiger partial charge in [0.15, 0.2) is 0 Å². The van der Waals surface area contributed by atoms with Gasteiger partial charge < -0.3 is 0 Å². The van der Waals surface area contributed by atoms with Crippen LogP contribution in [0.1, 0.15) is 23.2 Å². The number of carbonyl (C=O) groups excluding carboxylic acids is 1. The third-order valence-electron chi connectivity index (χ3n) is 4.39. The highest BCUT2D eigenvalue weighted by Crippen LogP contribution is 2.31. The van der Waals surface area contributed by atoms with Crippen molar-refractivity contribution in [3.8, 4) is 11.1 Å². The summed E-state index contributed by atoms with van der Waals surface area (Å²) in [5.41, 5.74) is 5.18. The first-order chi connectivity index (χ1) is 12.6. The molecule has 0 amide bonds. The van der Waals surface area contributed by atoms with E-state index in [0.29, 0.717) is 11.1 Å². The second kappa shape index (κ2) is 6.59. The van der Waals surface area contributed by atoms with Gasteiger partial charge in [0.2, 0.25) is 5.95 Å². The highest BCUT2D eigenvalue weighted by molar-refractivity contribution is 6.13. The summed E-state index contributed by atoms with van der Waals surface area (Å²) in [4.78, 5) is 25.1. The number of aromatic nitrogens is 2. The van der Waals surface area contributed by atoms with E-state index >= 15 is 0 Å². The zero-order valence-electron chi connectivity index (χ0n) is 14.2. The van der Waals surface area contributed by atoms with Gasteiger partial charge in [-0.05, 0) is 60.0 Å². The van der Waals surface area contributed by atoms with Gasteiger partial charge in [-0.25, -0.2) is 4.98 Å². The molecule has 0 bridgehead atoms. The predicted molar refractivity (Wildman–Crippen MR) is 98.1 cm³/mol. The summed E-state index contributed by atoms with van der Waals surface area (Å²) < 4.78 is 14.0. The topological polar surface area (TPSA) is 55.2 Å². The van der Waals surface area contributed by atoms with Gasteiger partial charge in [-0.1, -0.05) is 6.07 Å². The maximum absolute atomic E-state index is 14.0. The van der Waals surface area contributed by atoms with E-state index in [-0.39, 0.29) is 18.6 Å². The van der Waals surface area contributed by atoms with E-state index in [4.69, 9.17) is 4.99 Å². The van der Waals surface area contributed by atoms with Gasteiger partial charge in [-0.3, -0.25) is 14.8 Å². The molecule has 1 aromatic carbocycles. The number of nitrogens with zero attached hydrogens (tertiary/aromatic N) is 3. The van der Waals surface area contributed by atoms with Crippen molar-refractivity contribution in [1.82, 2.24) is 9.97 Å². The molecular weight excluding hydrogens is 329 g/mol. The van der Waals surface area contributed by atoms with E-state index in [1.165, 1.54) is 6.20 Å². The lowest BCUT2D eigenvalue weighted by Gasteiger charge is -2.07. The summed E-state index contributed by atoms with van der Waals surface area (Å²) >= 11 is 0. The molecule has 0 N–H and O–H groups in total. The molecule has 0 atom stereocenters. The molecule has 0 fully saturated rings. The van der Waals surface area contributed by atoms with Crippen molar-refractivity contribution in [3.63, 3.8) is 0 Å². The van der Waals surface area contributed by atoms with Crippen molar-refractivity contribution in [1.29, 1.82) is 0 Å². The highest BCUT2D eigenvalue weighted by atomic mass is 19.1. The number of Topliss-reactive ketones (excluding diaryl/α,β-unsaturated/α-hetero) is 1. The van der Waals surface area contributed by atoms with Crippen LogP contribution in [0.5, 0.6) is 0 Å². The normalized spacial score (nSPS) is 13.8. The van der Waals surface area contributed by atoms with E-state index in [9.17, 15) is 9.18 Å². The van der Waals surface area contributed by atoms with Crippen LogP contribution in [0.15, 0.2) is 59.9 Å². The molecule has 0 saturated heterocycles. The second-order valence-corrected chi connectivity index (χ2v) is 6.32. The Morgan fingerprint density at radius 1 is 0.962 bits per heavy atom. The lowest BCUT2D eigenvalue weighted by Crippen LogP contribution is -2.09. The molecule has 1 aliphatic heterocycles. The number of halogens is 1. The summed E-state index contributed by atoms with van der Waals surface area (Å²) in [5, 5.41) is 0. The number of rotatable bonds is 2. The maximum atomic E-state index is 14.0. The van der Waals surface area contributed by atoms with Crippen LogP contribution < -0.4 is 0 Å². The first-order valence-electron chi connectivity index (χ1n) is 8.36. The van der Waals surface area contributed by atoms with E-state index < -0.39 is 5.95 Å². The molecule has 0 unspecified atom stereocenters. The third kappa shape index (κ3) is 3.16. The van der Waals surface area contributed by atoms with E-state index in [2.05, 4.69) is 9.97 Å². The predicted octanol–water partition coefficient (Wildman–Crippen LogP) is 4.23. The smallest absolute Gasteiger partial charge is 0.220 e. The van der Waals surface area contributed by atoms with Crippen LogP contribution in [0.4, 0.5) is 10.1 Å². The van der Waals surface area contributed by atoms with Crippen molar-refractivity contribution >= 4 is 17.2 Å². The Kier molecular flexibility index (Phi) is 4.13. The number of carbonyl (C=O) groups is 1. The summed E-state index contributed by atoms with van der Waals surface area (Å²) in [6.45, 7) is 1.91. The van der Waals surface area contributed by atoms with Gasteiger partial charge in [0, 0.05) is 36.5 Å². The fourth-order valence-corrected chi connectivity index (χ4v) is 3.14. The zero-order chi connectivity index (χ0) is 18.1. The van der Waals surface area contributed by atoms with Crippen molar-refractivity contribution in [3.05, 3.63) is 77.6 Å². The Balaban J connectivity index is 1.80. The number of aryl methyl sites for hydroxylation is 1. The molecule has 4 nitrogen and oxygen atoms in total. The highest BCUT2D eigenvalue weighted by Gasteiger charge is 2.19. The molecule has 3 aromatic rings. The Morgan fingerprint density at radius 3 is 2.65 bits per heavy atom. The van der Waals surface area contributed by atoms with Gasteiger partial charge in [0.1, 0.15) is 5.78 Å². The summed E-state index contributed by atoms with van der Waals surface area (Å²) in [6.07, 6.45) is 3.69. The van der Waals surface area contributed by atoms with Gasteiger partial charge >= 0.3 is 0 Å². The number of hydrogen-bond donors (Lipinski definition) is 0. The monoisotopic (exact) mass is 345 g/mol. The summed E-state index contributed by atoms with van der Waals surface area (Å²) in [6, 6.07) is 12.6. The standard InChI is InChI=1S/C21H16FN3O/c1-13-9-15(6-8-23-13)20-12-17(26)11-16-10-14(4-5-19(16)25-20)18-3-2-7-24-21(18)22/h2-10H,11-12H2,1H3.